The molecule has 328 valence electrons. The Kier molecular flexibility index (Phi) is 30.1. The summed E-state index contributed by atoms with van der Waals surface area (Å²) in [7, 11) is -4.71. The first-order chi connectivity index (χ1) is 26.8. The second-order valence-electron chi connectivity index (χ2n) is 15.8. The van der Waals surface area contributed by atoms with Gasteiger partial charge >= 0.3 is 19.8 Å². The summed E-state index contributed by atoms with van der Waals surface area (Å²) >= 11 is 0. The highest BCUT2D eigenvalue weighted by atomic mass is 31.2. The molecule has 6 N–H and O–H groups in total. The fourth-order valence-electron chi connectivity index (χ4n) is 6.74. The molecule has 1 unspecified atom stereocenters. The van der Waals surface area contributed by atoms with Crippen LogP contribution < -0.4 is 0 Å². The standard InChI is InChI=1S/C42H77O13P/c1-4-5-16-22-34(44)26-27-38-37(39(46)28-40(38)47)23-19-20-25-42(49)55-36(32-54-56(50,51)53-30-35(45)29-43)31-52-41(48)24-18-15-13-11-9-7-6-8-10-12-14-17-21-33(2)3/h19-20,26-27,33-40,43-47H,4-18,21-25,28-32H2,1-3H3,(H,50,51)/b20-19-,27-26+/t34-,35+,36-,37+,38-,39+,40-/m1/s1. The summed E-state index contributed by atoms with van der Waals surface area (Å²) in [4.78, 5) is 35.2. The van der Waals surface area contributed by atoms with E-state index in [-0.39, 0.29) is 31.1 Å². The van der Waals surface area contributed by atoms with Gasteiger partial charge in [-0.05, 0) is 31.1 Å². The number of hydrogen-bond acceptors (Lipinski definition) is 12. The number of rotatable bonds is 35. The molecular formula is C42H77O13P. The normalized spacial score (nSPS) is 21.5. The Hall–Kier alpha value is -1.67. The molecule has 56 heavy (non-hydrogen) atoms. The summed E-state index contributed by atoms with van der Waals surface area (Å²) in [6, 6.07) is 0. The zero-order chi connectivity index (χ0) is 41.6. The average Bonchev–Trinajstić information content (AvgIpc) is 3.43. The molecule has 0 spiro atoms. The van der Waals surface area contributed by atoms with Crippen molar-refractivity contribution in [2.45, 2.75) is 186 Å². The van der Waals surface area contributed by atoms with E-state index in [1.165, 1.54) is 57.8 Å². The minimum absolute atomic E-state index is 0.178. The number of carbonyl (C=O) groups excluding carboxylic acids is 2. The molecule has 0 aromatic heterocycles. The molecule has 1 rings (SSSR count). The van der Waals surface area contributed by atoms with Gasteiger partial charge in [0.15, 0.2) is 6.10 Å². The smallest absolute Gasteiger partial charge is 0.462 e. The second-order valence-corrected chi connectivity index (χ2v) is 17.3. The number of phosphoric ester groups is 1. The third kappa shape index (κ3) is 27.1. The van der Waals surface area contributed by atoms with E-state index in [1.54, 1.807) is 24.3 Å². The topological polar surface area (TPSA) is 210 Å². The van der Waals surface area contributed by atoms with Gasteiger partial charge in [-0.1, -0.05) is 141 Å². The van der Waals surface area contributed by atoms with Crippen LogP contribution in [0.3, 0.4) is 0 Å². The third-order valence-corrected chi connectivity index (χ3v) is 11.1. The van der Waals surface area contributed by atoms with E-state index in [2.05, 4.69) is 25.3 Å². The van der Waals surface area contributed by atoms with Crippen molar-refractivity contribution in [1.82, 2.24) is 0 Å². The lowest BCUT2D eigenvalue weighted by atomic mass is 9.89. The van der Waals surface area contributed by atoms with Crippen molar-refractivity contribution in [3.05, 3.63) is 24.3 Å². The predicted octanol–water partition coefficient (Wildman–Crippen LogP) is 7.24. The van der Waals surface area contributed by atoms with Crippen molar-refractivity contribution in [3.8, 4) is 0 Å². The number of esters is 2. The predicted molar refractivity (Wildman–Crippen MR) is 216 cm³/mol. The zero-order valence-corrected chi connectivity index (χ0v) is 35.5. The molecule has 0 radical (unpaired) electrons. The first-order valence-corrected chi connectivity index (χ1v) is 22.9. The molecule has 0 aromatic carbocycles. The molecule has 0 saturated heterocycles. The molecule has 0 aliphatic heterocycles. The molecule has 0 bridgehead atoms. The van der Waals surface area contributed by atoms with Crippen LogP contribution in [0, 0.1) is 17.8 Å². The number of aliphatic hydroxyl groups is 5. The molecule has 0 heterocycles. The van der Waals surface area contributed by atoms with Crippen molar-refractivity contribution in [3.63, 3.8) is 0 Å². The van der Waals surface area contributed by atoms with E-state index in [4.69, 9.17) is 19.1 Å². The van der Waals surface area contributed by atoms with E-state index in [0.717, 1.165) is 44.4 Å². The van der Waals surface area contributed by atoms with Gasteiger partial charge < -0.3 is 39.9 Å². The Bertz CT molecular complexity index is 1120. The van der Waals surface area contributed by atoms with Gasteiger partial charge in [-0.15, -0.1) is 0 Å². The van der Waals surface area contributed by atoms with Crippen molar-refractivity contribution in [2.24, 2.45) is 17.8 Å². The van der Waals surface area contributed by atoms with Crippen LogP contribution in [-0.4, -0.2) is 99.3 Å². The number of aliphatic hydroxyl groups excluding tert-OH is 5. The van der Waals surface area contributed by atoms with Crippen LogP contribution >= 0.6 is 7.82 Å². The summed E-state index contributed by atoms with van der Waals surface area (Å²) in [6.45, 7) is 4.21. The highest BCUT2D eigenvalue weighted by Crippen LogP contribution is 2.43. The summed E-state index contributed by atoms with van der Waals surface area (Å²) in [5.41, 5.74) is 0. The third-order valence-electron chi connectivity index (χ3n) is 10.1. The largest absolute Gasteiger partial charge is 0.472 e. The second kappa shape index (κ2) is 32.2. The van der Waals surface area contributed by atoms with Crippen LogP contribution in [0.1, 0.15) is 156 Å². The van der Waals surface area contributed by atoms with Gasteiger partial charge in [0.05, 0.1) is 44.6 Å². The minimum Gasteiger partial charge on any atom is -0.462 e. The first kappa shape index (κ1) is 52.3. The molecule has 14 heteroatoms. The Labute approximate surface area is 336 Å². The maximum absolute atomic E-state index is 12.7. The zero-order valence-electron chi connectivity index (χ0n) is 34.6. The van der Waals surface area contributed by atoms with E-state index in [1.807, 2.05) is 0 Å². The molecule has 13 nitrogen and oxygen atoms in total. The Balaban J connectivity index is 2.53. The van der Waals surface area contributed by atoms with Crippen molar-refractivity contribution < 1.29 is 63.1 Å². The Morgan fingerprint density at radius 2 is 1.36 bits per heavy atom. The monoisotopic (exact) mass is 821 g/mol. The molecule has 1 aliphatic carbocycles. The van der Waals surface area contributed by atoms with E-state index >= 15 is 0 Å². The average molecular weight is 821 g/mol. The molecule has 1 saturated carbocycles. The summed E-state index contributed by atoms with van der Waals surface area (Å²) in [5.74, 6) is -1.11. The number of hydrogen-bond donors (Lipinski definition) is 6. The molecule has 1 fully saturated rings. The van der Waals surface area contributed by atoms with E-state index in [0.29, 0.717) is 19.3 Å². The lowest BCUT2D eigenvalue weighted by molar-refractivity contribution is -0.160. The van der Waals surface area contributed by atoms with Gasteiger partial charge in [0, 0.05) is 18.8 Å². The van der Waals surface area contributed by atoms with Gasteiger partial charge in [0.2, 0.25) is 0 Å². The number of ether oxygens (including phenoxy) is 2. The fourth-order valence-corrected chi connectivity index (χ4v) is 7.53. The lowest BCUT2D eigenvalue weighted by Gasteiger charge is -2.20. The summed E-state index contributed by atoms with van der Waals surface area (Å²) < 4.78 is 32.6. The Morgan fingerprint density at radius 3 is 1.96 bits per heavy atom. The highest BCUT2D eigenvalue weighted by molar-refractivity contribution is 7.47. The van der Waals surface area contributed by atoms with Crippen LogP contribution in [0.15, 0.2) is 24.3 Å². The number of phosphoric acid groups is 1. The van der Waals surface area contributed by atoms with Gasteiger partial charge in [-0.25, -0.2) is 4.57 Å². The van der Waals surface area contributed by atoms with Crippen molar-refractivity contribution >= 4 is 19.8 Å². The first-order valence-electron chi connectivity index (χ1n) is 21.4. The SMILES string of the molecule is CCCCC[C@@H](O)/C=C/[C@@H]1[C@H](C/C=C\CC(=O)O[C@H](COC(=O)CCCCCCCCCCCCCCC(C)C)COP(=O)(O)OC[C@@H](O)CO)[C@@H](O)C[C@H]1O. The summed E-state index contributed by atoms with van der Waals surface area (Å²) in [6.07, 6.45) is 21.4. The highest BCUT2D eigenvalue weighted by Gasteiger charge is 2.39. The van der Waals surface area contributed by atoms with Gasteiger partial charge in [-0.2, -0.15) is 0 Å². The van der Waals surface area contributed by atoms with E-state index in [9.17, 15) is 39.5 Å². The molecule has 1 aliphatic rings. The number of unbranched alkanes of at least 4 members (excludes halogenated alkanes) is 13. The number of carbonyl (C=O) groups is 2. The van der Waals surface area contributed by atoms with Gasteiger partial charge in [0.25, 0.3) is 0 Å². The maximum Gasteiger partial charge on any atom is 0.472 e. The minimum atomic E-state index is -4.71. The van der Waals surface area contributed by atoms with Gasteiger partial charge in [-0.3, -0.25) is 18.6 Å². The van der Waals surface area contributed by atoms with Crippen LogP contribution in [0.25, 0.3) is 0 Å². The molecule has 0 amide bonds. The van der Waals surface area contributed by atoms with Crippen LogP contribution in [0.2, 0.25) is 0 Å². The number of allylic oxidation sites excluding steroid dienone is 1. The van der Waals surface area contributed by atoms with Crippen LogP contribution in [0.4, 0.5) is 0 Å². The Morgan fingerprint density at radius 1 is 0.768 bits per heavy atom. The van der Waals surface area contributed by atoms with Crippen molar-refractivity contribution in [1.29, 1.82) is 0 Å². The molecule has 8 atom stereocenters. The maximum atomic E-state index is 12.7. The molecule has 0 aromatic rings. The van der Waals surface area contributed by atoms with Crippen LogP contribution in [0.5, 0.6) is 0 Å². The van der Waals surface area contributed by atoms with E-state index < -0.39 is 76.7 Å². The fraction of sp³-hybridized carbons (Fsp3) is 0.857. The quantitative estimate of drug-likeness (QED) is 0.0162. The summed E-state index contributed by atoms with van der Waals surface area (Å²) in [5, 5.41) is 49.7. The molecular weight excluding hydrogens is 743 g/mol. The lowest BCUT2D eigenvalue weighted by Crippen LogP contribution is -2.29. The van der Waals surface area contributed by atoms with Gasteiger partial charge in [0.1, 0.15) is 12.7 Å². The van der Waals surface area contributed by atoms with Crippen molar-refractivity contribution in [2.75, 3.05) is 26.4 Å². The van der Waals surface area contributed by atoms with Crippen LogP contribution in [-0.2, 0) is 32.7 Å².